The zero-order chi connectivity index (χ0) is 10.6. The van der Waals surface area contributed by atoms with Crippen LogP contribution < -0.4 is 10.4 Å². The summed E-state index contributed by atoms with van der Waals surface area (Å²) in [5.41, 5.74) is -0.561. The maximum atomic E-state index is 11.1. The Labute approximate surface area is 77.9 Å². The molecule has 7 nitrogen and oxygen atoms in total. The lowest BCUT2D eigenvalue weighted by Crippen LogP contribution is -2.27. The summed E-state index contributed by atoms with van der Waals surface area (Å²) in [4.78, 5) is 34.3. The van der Waals surface area contributed by atoms with Crippen molar-refractivity contribution < 1.29 is 9.90 Å². The molecule has 1 rings (SSSR count). The van der Waals surface area contributed by atoms with Crippen LogP contribution in [-0.2, 0) is 4.79 Å². The summed E-state index contributed by atoms with van der Waals surface area (Å²) < 4.78 is 0. The molecular formula is C7H7N3O4. The molecule has 14 heavy (non-hydrogen) atoms. The lowest BCUT2D eigenvalue weighted by Gasteiger charge is -2.10. The smallest absolute Gasteiger partial charge is 0.325 e. The molecule has 0 saturated carbocycles. The van der Waals surface area contributed by atoms with Crippen molar-refractivity contribution >= 4 is 11.7 Å². The molecule has 0 aromatic carbocycles. The second kappa shape index (κ2) is 4.17. The Morgan fingerprint density at radius 3 is 2.86 bits per heavy atom. The predicted octanol–water partition coefficient (Wildman–Crippen LogP) is -0.0527. The Morgan fingerprint density at radius 2 is 2.36 bits per heavy atom. The van der Waals surface area contributed by atoms with Crippen molar-refractivity contribution in [1.29, 1.82) is 0 Å². The third-order valence-corrected chi connectivity index (χ3v) is 1.47. The second-order valence-corrected chi connectivity index (χ2v) is 2.43. The van der Waals surface area contributed by atoms with Gasteiger partial charge in [0.2, 0.25) is 5.43 Å². The number of anilines is 1. The number of hydrogen-bond donors (Lipinski definition) is 2. The van der Waals surface area contributed by atoms with Gasteiger partial charge in [0.05, 0.1) is 5.29 Å². The number of carboxylic acid groups (broad SMARTS) is 1. The highest BCUT2D eigenvalue weighted by Gasteiger charge is 2.13. The number of aromatic nitrogens is 1. The van der Waals surface area contributed by atoms with Gasteiger partial charge >= 0.3 is 5.97 Å². The fourth-order valence-corrected chi connectivity index (χ4v) is 0.895. The standard InChI is InChI=1S/C7H7N3O4/c11-6-1-2-8-3-5(6)10(9-14)4-7(12)13/h1-3H,4H2,(H,8,11)(H,12,13). The van der Waals surface area contributed by atoms with Crippen LogP contribution in [0.15, 0.2) is 28.5 Å². The molecule has 0 atom stereocenters. The average molecular weight is 197 g/mol. The third-order valence-electron chi connectivity index (χ3n) is 1.47. The molecule has 2 N–H and O–H groups in total. The van der Waals surface area contributed by atoms with E-state index in [4.69, 9.17) is 5.11 Å². The van der Waals surface area contributed by atoms with Gasteiger partial charge in [-0.3, -0.25) is 9.59 Å². The van der Waals surface area contributed by atoms with Crippen molar-refractivity contribution in [1.82, 2.24) is 4.98 Å². The minimum atomic E-state index is -1.24. The van der Waals surface area contributed by atoms with Gasteiger partial charge in [-0.05, 0) is 0 Å². The van der Waals surface area contributed by atoms with Crippen LogP contribution in [0.5, 0.6) is 0 Å². The first-order chi connectivity index (χ1) is 6.65. The van der Waals surface area contributed by atoms with Crippen LogP contribution in [-0.4, -0.2) is 22.6 Å². The molecule has 0 radical (unpaired) electrons. The van der Waals surface area contributed by atoms with E-state index in [0.717, 1.165) is 0 Å². The minimum Gasteiger partial charge on any atom is -0.480 e. The highest BCUT2D eigenvalue weighted by molar-refractivity contribution is 5.73. The normalized spacial score (nSPS) is 9.43. The van der Waals surface area contributed by atoms with Crippen LogP contribution in [0.1, 0.15) is 0 Å². The summed E-state index contributed by atoms with van der Waals surface area (Å²) in [5, 5.41) is 11.4. The Balaban J connectivity index is 3.01. The molecular weight excluding hydrogens is 190 g/mol. The Morgan fingerprint density at radius 1 is 1.64 bits per heavy atom. The van der Waals surface area contributed by atoms with Crippen molar-refractivity contribution in [3.05, 3.63) is 33.6 Å². The summed E-state index contributed by atoms with van der Waals surface area (Å²) >= 11 is 0. The van der Waals surface area contributed by atoms with Crippen LogP contribution >= 0.6 is 0 Å². The van der Waals surface area contributed by atoms with Crippen molar-refractivity contribution in [2.45, 2.75) is 0 Å². The summed E-state index contributed by atoms with van der Waals surface area (Å²) in [7, 11) is 0. The largest absolute Gasteiger partial charge is 0.480 e. The topological polar surface area (TPSA) is 103 Å². The van der Waals surface area contributed by atoms with Gasteiger partial charge in [0.25, 0.3) is 0 Å². The lowest BCUT2D eigenvalue weighted by atomic mass is 10.4. The van der Waals surface area contributed by atoms with Gasteiger partial charge in [-0.1, -0.05) is 0 Å². The molecule has 1 aromatic heterocycles. The van der Waals surface area contributed by atoms with Crippen LogP contribution in [0.3, 0.4) is 0 Å². The fourth-order valence-electron chi connectivity index (χ4n) is 0.895. The lowest BCUT2D eigenvalue weighted by molar-refractivity contribution is -0.135. The van der Waals surface area contributed by atoms with Crippen molar-refractivity contribution in [3.63, 3.8) is 0 Å². The SMILES string of the molecule is O=NN(CC(=O)O)c1c[nH]ccc1=O. The number of carbonyl (C=O) groups is 1. The fraction of sp³-hybridized carbons (Fsp3) is 0.143. The van der Waals surface area contributed by atoms with Gasteiger partial charge in [-0.2, -0.15) is 0 Å². The number of aliphatic carboxylic acids is 1. The van der Waals surface area contributed by atoms with Crippen LogP contribution in [0.25, 0.3) is 0 Å². The maximum absolute atomic E-state index is 11.1. The van der Waals surface area contributed by atoms with Gasteiger partial charge in [0, 0.05) is 18.5 Å². The van der Waals surface area contributed by atoms with Crippen LogP contribution in [0.2, 0.25) is 0 Å². The molecule has 0 amide bonds. The number of hydrogen-bond acceptors (Lipinski definition) is 4. The van der Waals surface area contributed by atoms with Crippen molar-refractivity contribution in [3.8, 4) is 0 Å². The van der Waals surface area contributed by atoms with Gasteiger partial charge in [0.1, 0.15) is 12.2 Å². The van der Waals surface area contributed by atoms with E-state index in [9.17, 15) is 14.5 Å². The second-order valence-electron chi connectivity index (χ2n) is 2.43. The highest BCUT2D eigenvalue weighted by Crippen LogP contribution is 2.05. The summed E-state index contributed by atoms with van der Waals surface area (Å²) in [6.45, 7) is -0.642. The quantitative estimate of drug-likeness (QED) is 0.520. The zero-order valence-electron chi connectivity index (χ0n) is 7.01. The molecule has 7 heteroatoms. The Kier molecular flexibility index (Phi) is 2.95. The summed E-state index contributed by atoms with van der Waals surface area (Å²) in [6.07, 6.45) is 2.59. The molecule has 1 aromatic rings. The molecule has 1 heterocycles. The number of rotatable bonds is 4. The number of nitroso groups, excluding NO2 is 1. The third kappa shape index (κ3) is 2.16. The molecule has 0 aliphatic carbocycles. The van der Waals surface area contributed by atoms with Crippen LogP contribution in [0.4, 0.5) is 5.69 Å². The number of aromatic amines is 1. The van der Waals surface area contributed by atoms with E-state index in [2.05, 4.69) is 10.3 Å². The molecule has 0 saturated heterocycles. The number of carboxylic acids is 1. The van der Waals surface area contributed by atoms with Gasteiger partial charge in [-0.25, -0.2) is 5.01 Å². The Hall–Kier alpha value is -2.18. The summed E-state index contributed by atoms with van der Waals surface area (Å²) in [5.74, 6) is -1.24. The minimum absolute atomic E-state index is 0.0927. The number of H-pyrrole nitrogens is 1. The molecule has 0 aliphatic rings. The van der Waals surface area contributed by atoms with E-state index in [-0.39, 0.29) is 5.69 Å². The molecule has 0 bridgehead atoms. The van der Waals surface area contributed by atoms with Crippen molar-refractivity contribution in [2.24, 2.45) is 5.29 Å². The number of nitrogens with zero attached hydrogens (tertiary/aromatic N) is 2. The van der Waals surface area contributed by atoms with E-state index in [0.29, 0.717) is 5.01 Å². The zero-order valence-corrected chi connectivity index (χ0v) is 7.01. The van der Waals surface area contributed by atoms with Crippen molar-refractivity contribution in [2.75, 3.05) is 11.6 Å². The van der Waals surface area contributed by atoms with Gasteiger partial charge < -0.3 is 10.1 Å². The monoisotopic (exact) mass is 197 g/mol. The molecule has 0 unspecified atom stereocenters. The molecule has 74 valence electrons. The highest BCUT2D eigenvalue weighted by atomic mass is 16.4. The Bertz CT molecular complexity index is 400. The average Bonchev–Trinajstić information content (AvgIpc) is 2.15. The first-order valence-electron chi connectivity index (χ1n) is 3.65. The van der Waals surface area contributed by atoms with Gasteiger partial charge in [-0.15, -0.1) is 4.91 Å². The van der Waals surface area contributed by atoms with E-state index in [1.165, 1.54) is 18.5 Å². The summed E-state index contributed by atoms with van der Waals surface area (Å²) in [6, 6.07) is 1.18. The van der Waals surface area contributed by atoms with E-state index in [1.807, 2.05) is 0 Å². The first kappa shape index (κ1) is 9.90. The van der Waals surface area contributed by atoms with E-state index >= 15 is 0 Å². The predicted molar refractivity (Wildman–Crippen MR) is 47.8 cm³/mol. The molecule has 0 aliphatic heterocycles. The molecule has 0 spiro atoms. The first-order valence-corrected chi connectivity index (χ1v) is 3.65. The van der Waals surface area contributed by atoms with Gasteiger partial charge in [0.15, 0.2) is 0 Å². The maximum Gasteiger partial charge on any atom is 0.325 e. The molecule has 0 fully saturated rings. The van der Waals surface area contributed by atoms with E-state index < -0.39 is 17.9 Å². The van der Waals surface area contributed by atoms with E-state index in [1.54, 1.807) is 0 Å². The number of nitrogens with one attached hydrogen (secondary N) is 1. The number of pyridine rings is 1. The van der Waals surface area contributed by atoms with Crippen LogP contribution in [0, 0.1) is 4.91 Å².